The van der Waals surface area contributed by atoms with Crippen LogP contribution in [0.1, 0.15) is 45.4 Å². The fourth-order valence-electron chi connectivity index (χ4n) is 3.25. The van der Waals surface area contributed by atoms with Crippen LogP contribution in [0.3, 0.4) is 0 Å². The lowest BCUT2D eigenvalue weighted by molar-refractivity contribution is -0.149. The van der Waals surface area contributed by atoms with Crippen LogP contribution in [0.15, 0.2) is 0 Å². The Morgan fingerprint density at radius 1 is 1.33 bits per heavy atom. The number of hydrogen-bond donors (Lipinski definition) is 1. The second-order valence-corrected chi connectivity index (χ2v) is 5.83. The van der Waals surface area contributed by atoms with Gasteiger partial charge in [-0.2, -0.15) is 0 Å². The molecule has 1 saturated carbocycles. The first-order chi connectivity index (χ1) is 8.68. The first kappa shape index (κ1) is 13.8. The highest BCUT2D eigenvalue weighted by molar-refractivity contribution is 5.83. The Morgan fingerprint density at radius 2 is 2.00 bits per heavy atom. The van der Waals surface area contributed by atoms with Gasteiger partial charge in [-0.3, -0.25) is 4.79 Å². The number of nitrogens with two attached hydrogens (primary N) is 1. The standard InChI is InChI=1S/C14H26N2O2/c1-12-10-16(8-9-18-12)13(17)14(11-15)6-4-2-3-5-7-14/h12H,2-11,15H2,1H3. The van der Waals surface area contributed by atoms with E-state index in [1.807, 2.05) is 11.8 Å². The van der Waals surface area contributed by atoms with Crippen LogP contribution in [0.5, 0.6) is 0 Å². The molecule has 0 aromatic carbocycles. The molecule has 2 N–H and O–H groups in total. The summed E-state index contributed by atoms with van der Waals surface area (Å²) in [7, 11) is 0. The third kappa shape index (κ3) is 2.86. The molecule has 2 fully saturated rings. The molecule has 2 rings (SSSR count). The summed E-state index contributed by atoms with van der Waals surface area (Å²) in [4.78, 5) is 14.8. The molecule has 104 valence electrons. The molecule has 1 heterocycles. The Bertz CT molecular complexity index is 286. The fourth-order valence-corrected chi connectivity index (χ4v) is 3.25. The van der Waals surface area contributed by atoms with E-state index in [-0.39, 0.29) is 17.4 Å². The van der Waals surface area contributed by atoms with E-state index in [0.717, 1.165) is 38.8 Å². The lowest BCUT2D eigenvalue weighted by Crippen LogP contribution is -2.53. The molecule has 1 aliphatic heterocycles. The summed E-state index contributed by atoms with van der Waals surface area (Å²) in [6, 6.07) is 0. The number of carbonyl (C=O) groups is 1. The van der Waals surface area contributed by atoms with Gasteiger partial charge in [-0.15, -0.1) is 0 Å². The summed E-state index contributed by atoms with van der Waals surface area (Å²) in [6.45, 7) is 4.64. The predicted molar refractivity (Wildman–Crippen MR) is 71.2 cm³/mol. The predicted octanol–water partition coefficient (Wildman–Crippen LogP) is 1.53. The zero-order valence-corrected chi connectivity index (χ0v) is 11.5. The Kier molecular flexibility index (Phi) is 4.62. The van der Waals surface area contributed by atoms with E-state index in [1.54, 1.807) is 0 Å². The monoisotopic (exact) mass is 254 g/mol. The normalized spacial score (nSPS) is 28.8. The molecule has 18 heavy (non-hydrogen) atoms. The topological polar surface area (TPSA) is 55.6 Å². The molecular weight excluding hydrogens is 228 g/mol. The molecule has 0 aromatic heterocycles. The van der Waals surface area contributed by atoms with Gasteiger partial charge in [0.25, 0.3) is 0 Å². The number of morpholine rings is 1. The van der Waals surface area contributed by atoms with Crippen molar-refractivity contribution in [2.24, 2.45) is 11.1 Å². The molecule has 1 saturated heterocycles. The van der Waals surface area contributed by atoms with Crippen molar-refractivity contribution in [2.75, 3.05) is 26.2 Å². The number of rotatable bonds is 2. The SMILES string of the molecule is CC1CN(C(=O)C2(CN)CCCCCC2)CCO1. The maximum absolute atomic E-state index is 12.8. The van der Waals surface area contributed by atoms with E-state index in [4.69, 9.17) is 10.5 Å². The van der Waals surface area contributed by atoms with Gasteiger partial charge in [-0.25, -0.2) is 0 Å². The molecule has 2 aliphatic rings. The molecular formula is C14H26N2O2. The van der Waals surface area contributed by atoms with Crippen LogP contribution in [-0.2, 0) is 9.53 Å². The molecule has 1 aliphatic carbocycles. The van der Waals surface area contributed by atoms with Crippen molar-refractivity contribution in [1.29, 1.82) is 0 Å². The van der Waals surface area contributed by atoms with E-state index in [9.17, 15) is 4.79 Å². The summed E-state index contributed by atoms with van der Waals surface area (Å²) in [6.07, 6.45) is 6.86. The highest BCUT2D eigenvalue weighted by Gasteiger charge is 2.40. The molecule has 1 amide bonds. The molecule has 4 nitrogen and oxygen atoms in total. The van der Waals surface area contributed by atoms with Gasteiger partial charge in [-0.1, -0.05) is 25.7 Å². The van der Waals surface area contributed by atoms with E-state index in [2.05, 4.69) is 0 Å². The fraction of sp³-hybridized carbons (Fsp3) is 0.929. The Morgan fingerprint density at radius 3 is 2.56 bits per heavy atom. The molecule has 1 atom stereocenters. The van der Waals surface area contributed by atoms with Gasteiger partial charge < -0.3 is 15.4 Å². The van der Waals surface area contributed by atoms with Crippen LogP contribution in [0.4, 0.5) is 0 Å². The van der Waals surface area contributed by atoms with Crippen molar-refractivity contribution in [3.8, 4) is 0 Å². The highest BCUT2D eigenvalue weighted by Crippen LogP contribution is 2.36. The van der Waals surface area contributed by atoms with E-state index < -0.39 is 0 Å². The van der Waals surface area contributed by atoms with E-state index in [0.29, 0.717) is 13.2 Å². The first-order valence-electron chi connectivity index (χ1n) is 7.29. The average molecular weight is 254 g/mol. The number of hydrogen-bond acceptors (Lipinski definition) is 3. The molecule has 0 spiro atoms. The van der Waals surface area contributed by atoms with Crippen LogP contribution < -0.4 is 5.73 Å². The van der Waals surface area contributed by atoms with Gasteiger partial charge in [0.2, 0.25) is 5.91 Å². The van der Waals surface area contributed by atoms with Crippen LogP contribution in [0, 0.1) is 5.41 Å². The molecule has 0 radical (unpaired) electrons. The molecule has 1 unspecified atom stereocenters. The largest absolute Gasteiger partial charge is 0.375 e. The second-order valence-electron chi connectivity index (χ2n) is 5.83. The molecule has 0 bridgehead atoms. The van der Waals surface area contributed by atoms with Crippen molar-refractivity contribution in [1.82, 2.24) is 4.90 Å². The van der Waals surface area contributed by atoms with Crippen molar-refractivity contribution >= 4 is 5.91 Å². The highest BCUT2D eigenvalue weighted by atomic mass is 16.5. The van der Waals surface area contributed by atoms with Crippen molar-refractivity contribution in [3.63, 3.8) is 0 Å². The minimum Gasteiger partial charge on any atom is -0.375 e. The Balaban J connectivity index is 2.07. The summed E-state index contributed by atoms with van der Waals surface area (Å²) in [5.41, 5.74) is 5.69. The third-order valence-corrected chi connectivity index (χ3v) is 4.43. The van der Waals surface area contributed by atoms with Crippen LogP contribution >= 0.6 is 0 Å². The van der Waals surface area contributed by atoms with E-state index in [1.165, 1.54) is 12.8 Å². The molecule has 0 aromatic rings. The number of ether oxygens (including phenoxy) is 1. The van der Waals surface area contributed by atoms with E-state index >= 15 is 0 Å². The smallest absolute Gasteiger partial charge is 0.230 e. The summed E-state index contributed by atoms with van der Waals surface area (Å²) in [5, 5.41) is 0. The lowest BCUT2D eigenvalue weighted by Gasteiger charge is -2.39. The lowest BCUT2D eigenvalue weighted by atomic mass is 9.79. The maximum Gasteiger partial charge on any atom is 0.230 e. The van der Waals surface area contributed by atoms with Gasteiger partial charge >= 0.3 is 0 Å². The second kappa shape index (κ2) is 6.02. The van der Waals surface area contributed by atoms with Crippen molar-refractivity contribution < 1.29 is 9.53 Å². The summed E-state index contributed by atoms with van der Waals surface area (Å²) >= 11 is 0. The minimum atomic E-state index is -0.284. The molecule has 4 heteroatoms. The maximum atomic E-state index is 12.8. The number of amides is 1. The Labute approximate surface area is 110 Å². The van der Waals surface area contributed by atoms with Crippen LogP contribution in [0.25, 0.3) is 0 Å². The zero-order valence-electron chi connectivity index (χ0n) is 11.5. The first-order valence-corrected chi connectivity index (χ1v) is 7.29. The van der Waals surface area contributed by atoms with Crippen LogP contribution in [0.2, 0.25) is 0 Å². The Hall–Kier alpha value is -0.610. The van der Waals surface area contributed by atoms with Crippen LogP contribution in [-0.4, -0.2) is 43.2 Å². The number of nitrogens with zero attached hydrogens (tertiary/aromatic N) is 1. The van der Waals surface area contributed by atoms with Crippen molar-refractivity contribution in [3.05, 3.63) is 0 Å². The zero-order chi connectivity index (χ0) is 13.0. The summed E-state index contributed by atoms with van der Waals surface area (Å²) < 4.78 is 5.51. The number of carbonyl (C=O) groups excluding carboxylic acids is 1. The van der Waals surface area contributed by atoms with Gasteiger partial charge in [-0.05, 0) is 19.8 Å². The van der Waals surface area contributed by atoms with Gasteiger partial charge in [0, 0.05) is 19.6 Å². The van der Waals surface area contributed by atoms with Gasteiger partial charge in [0.1, 0.15) is 0 Å². The van der Waals surface area contributed by atoms with Gasteiger partial charge in [0.05, 0.1) is 18.1 Å². The third-order valence-electron chi connectivity index (χ3n) is 4.43. The average Bonchev–Trinajstić information content (AvgIpc) is 2.64. The quantitative estimate of drug-likeness (QED) is 0.760. The van der Waals surface area contributed by atoms with Crippen molar-refractivity contribution in [2.45, 2.75) is 51.6 Å². The van der Waals surface area contributed by atoms with Gasteiger partial charge in [0.15, 0.2) is 0 Å². The minimum absolute atomic E-state index is 0.156. The summed E-state index contributed by atoms with van der Waals surface area (Å²) in [5.74, 6) is 0.280.